The molecule has 3 aliphatic rings. The second-order valence-corrected chi connectivity index (χ2v) is 13.9. The van der Waals surface area contributed by atoms with E-state index in [1.807, 2.05) is 23.1 Å². The minimum atomic E-state index is -0.595. The molecule has 0 saturated carbocycles. The van der Waals surface area contributed by atoms with Gasteiger partial charge in [0.15, 0.2) is 0 Å². The van der Waals surface area contributed by atoms with Gasteiger partial charge in [-0.3, -0.25) is 14.4 Å². The summed E-state index contributed by atoms with van der Waals surface area (Å²) in [5.74, 6) is 0.348. The topological polar surface area (TPSA) is 157 Å². The zero-order valence-electron chi connectivity index (χ0n) is 28.8. The van der Waals surface area contributed by atoms with Gasteiger partial charge in [-0.25, -0.2) is 14.8 Å². The molecule has 3 aromatic carbocycles. The number of H-pyrrole nitrogens is 2. The van der Waals surface area contributed by atoms with Crippen LogP contribution in [0.25, 0.3) is 44.3 Å². The van der Waals surface area contributed by atoms with E-state index in [9.17, 15) is 19.2 Å². The lowest BCUT2D eigenvalue weighted by molar-refractivity contribution is -0.151. The number of likely N-dealkylation sites (tertiary alicyclic amines) is 1. The molecule has 13 nitrogen and oxygen atoms in total. The molecule has 5 aromatic rings. The van der Waals surface area contributed by atoms with Gasteiger partial charge in [0.1, 0.15) is 17.7 Å². The molecule has 3 fully saturated rings. The number of hydrogen-bond acceptors (Lipinski definition) is 7. The molecule has 3 aliphatic heterocycles. The number of carbonyl (C=O) groups is 4. The monoisotopic (exact) mass is 688 g/mol. The summed E-state index contributed by atoms with van der Waals surface area (Å²) in [4.78, 5) is 71.9. The minimum absolute atomic E-state index is 0.0854. The van der Waals surface area contributed by atoms with Gasteiger partial charge in [0.05, 0.1) is 41.3 Å². The Kier molecular flexibility index (Phi) is 8.20. The Morgan fingerprint density at radius 1 is 0.784 bits per heavy atom. The Hall–Kier alpha value is -5.72. The van der Waals surface area contributed by atoms with E-state index in [-0.39, 0.29) is 24.0 Å². The van der Waals surface area contributed by atoms with Gasteiger partial charge in [0, 0.05) is 26.7 Å². The number of benzene rings is 3. The normalized spacial score (nSPS) is 21.7. The maximum Gasteiger partial charge on any atom is 0.407 e. The smallest absolute Gasteiger partial charge is 0.407 e. The molecule has 0 radical (unpaired) electrons. The molecule has 0 bridgehead atoms. The van der Waals surface area contributed by atoms with Crippen molar-refractivity contribution in [2.75, 3.05) is 27.7 Å². The van der Waals surface area contributed by atoms with Gasteiger partial charge >= 0.3 is 17.9 Å². The number of fused-ring (bicyclic) bond motifs is 3. The highest BCUT2D eigenvalue weighted by atomic mass is 16.5. The maximum absolute atomic E-state index is 13.4. The number of carbonyl (C=O) groups excluding carboxylic acids is 4. The molecule has 0 spiro atoms. The Bertz CT molecular complexity index is 2170. The SMILES string of the molecule is COC(=O)N[C@H]1CC[C@H]2CC[C@@H](c3nc4ccc(-c5ccc(-c6ccc7nc([C@@H]8CCCN8C(=O)C(=O)N(C)C)[nH]c7c6)cc5)cc4[nH]3)N2C1=O. The Morgan fingerprint density at radius 3 is 1.94 bits per heavy atom. The molecule has 8 rings (SSSR count). The third kappa shape index (κ3) is 5.85. The number of rotatable bonds is 5. The molecule has 2 aromatic heterocycles. The second kappa shape index (κ2) is 12.9. The van der Waals surface area contributed by atoms with E-state index in [0.29, 0.717) is 18.8 Å². The molecule has 3 saturated heterocycles. The van der Waals surface area contributed by atoms with Gasteiger partial charge in [-0.15, -0.1) is 0 Å². The number of alkyl carbamates (subject to hydrolysis) is 1. The van der Waals surface area contributed by atoms with Crippen molar-refractivity contribution in [3.63, 3.8) is 0 Å². The van der Waals surface area contributed by atoms with Crippen molar-refractivity contribution in [2.24, 2.45) is 0 Å². The first-order valence-electron chi connectivity index (χ1n) is 17.5. The van der Waals surface area contributed by atoms with E-state index in [4.69, 9.17) is 14.7 Å². The average molecular weight is 689 g/mol. The third-order valence-corrected chi connectivity index (χ3v) is 10.6. The van der Waals surface area contributed by atoms with Gasteiger partial charge in [0.25, 0.3) is 0 Å². The van der Waals surface area contributed by atoms with Gasteiger partial charge in [-0.1, -0.05) is 36.4 Å². The van der Waals surface area contributed by atoms with Gasteiger partial charge in [-0.05, 0) is 85.0 Å². The van der Waals surface area contributed by atoms with Crippen LogP contribution in [0.4, 0.5) is 4.79 Å². The molecule has 0 aliphatic carbocycles. The number of amides is 4. The number of nitrogens with zero attached hydrogens (tertiary/aromatic N) is 5. The first-order chi connectivity index (χ1) is 24.7. The van der Waals surface area contributed by atoms with Crippen molar-refractivity contribution >= 4 is 45.9 Å². The van der Waals surface area contributed by atoms with Crippen LogP contribution in [0, 0.1) is 0 Å². The third-order valence-electron chi connectivity index (χ3n) is 10.6. The van der Waals surface area contributed by atoms with E-state index >= 15 is 0 Å². The number of aromatic nitrogens is 4. The quantitative estimate of drug-likeness (QED) is 0.218. The number of aromatic amines is 2. The predicted molar refractivity (Wildman–Crippen MR) is 190 cm³/mol. The van der Waals surface area contributed by atoms with Crippen LogP contribution in [-0.4, -0.2) is 98.3 Å². The molecule has 0 unspecified atom stereocenters. The standard InChI is InChI=1S/C38H40N8O5/c1-44(2)36(48)37(49)45-18-4-5-31(45)33-39-26-14-10-23(19-29(26)41-33)21-6-8-22(9-7-21)24-11-15-27-30(20-24)42-34(40-27)32-17-13-25-12-16-28(35(47)46(25)32)43-38(50)51-3/h6-11,14-15,19-20,25,28,31-32H,4-5,12-13,16-18H2,1-3H3,(H,39,41)(H,40,42)(H,43,50)/t25-,28-,31-,32-/m0/s1. The van der Waals surface area contributed by atoms with Crippen LogP contribution in [0.3, 0.4) is 0 Å². The maximum atomic E-state index is 13.4. The zero-order chi connectivity index (χ0) is 35.4. The van der Waals surface area contributed by atoms with Gasteiger partial charge in [-0.2, -0.15) is 0 Å². The first kappa shape index (κ1) is 32.5. The Morgan fingerprint density at radius 2 is 1.35 bits per heavy atom. The first-order valence-corrected chi connectivity index (χ1v) is 17.5. The fraction of sp³-hybridized carbons (Fsp3) is 0.368. The number of imidazole rings is 2. The lowest BCUT2D eigenvalue weighted by Gasteiger charge is -2.37. The van der Waals surface area contributed by atoms with Crippen LogP contribution < -0.4 is 5.32 Å². The van der Waals surface area contributed by atoms with Gasteiger partial charge < -0.3 is 34.7 Å². The lowest BCUT2D eigenvalue weighted by atomic mass is 9.98. The summed E-state index contributed by atoms with van der Waals surface area (Å²) >= 11 is 0. The highest BCUT2D eigenvalue weighted by Crippen LogP contribution is 2.41. The number of methoxy groups -OCH3 is 1. The summed E-state index contributed by atoms with van der Waals surface area (Å²) in [6.45, 7) is 0.533. The number of nitrogens with one attached hydrogen (secondary N) is 3. The number of likely N-dealkylation sites (N-methyl/N-ethyl adjacent to an activating group) is 1. The number of piperidine rings is 1. The number of hydrogen-bond donors (Lipinski definition) is 3. The molecule has 5 heterocycles. The van der Waals surface area contributed by atoms with Crippen LogP contribution in [0.5, 0.6) is 0 Å². The van der Waals surface area contributed by atoms with Crippen LogP contribution in [0.2, 0.25) is 0 Å². The summed E-state index contributed by atoms with van der Waals surface area (Å²) in [5.41, 5.74) is 7.61. The summed E-state index contributed by atoms with van der Waals surface area (Å²) in [6, 6.07) is 19.8. The molecule has 51 heavy (non-hydrogen) atoms. The molecule has 3 N–H and O–H groups in total. The van der Waals surface area contributed by atoms with Crippen molar-refractivity contribution in [1.29, 1.82) is 0 Å². The Labute approximate surface area is 294 Å². The van der Waals surface area contributed by atoms with Gasteiger partial charge in [0.2, 0.25) is 5.91 Å². The van der Waals surface area contributed by atoms with Crippen LogP contribution >= 0.6 is 0 Å². The largest absolute Gasteiger partial charge is 0.453 e. The van der Waals surface area contributed by atoms with Crippen LogP contribution in [0.15, 0.2) is 60.7 Å². The van der Waals surface area contributed by atoms with Crippen molar-refractivity contribution in [3.05, 3.63) is 72.3 Å². The lowest BCUT2D eigenvalue weighted by Crippen LogP contribution is -2.54. The fourth-order valence-electron chi connectivity index (χ4n) is 7.96. The Balaban J connectivity index is 0.992. The highest BCUT2D eigenvalue weighted by Gasteiger charge is 2.45. The summed E-state index contributed by atoms with van der Waals surface area (Å²) in [5, 5.41) is 2.69. The predicted octanol–water partition coefficient (Wildman–Crippen LogP) is 5.08. The zero-order valence-corrected chi connectivity index (χ0v) is 28.8. The van der Waals surface area contributed by atoms with E-state index < -0.39 is 23.9 Å². The van der Waals surface area contributed by atoms with E-state index in [0.717, 1.165) is 82.2 Å². The molecule has 13 heteroatoms. The number of ether oxygens (including phenoxy) is 1. The van der Waals surface area contributed by atoms with Crippen molar-refractivity contribution < 1.29 is 23.9 Å². The molecule has 4 atom stereocenters. The summed E-state index contributed by atoms with van der Waals surface area (Å²) in [7, 11) is 4.47. The summed E-state index contributed by atoms with van der Waals surface area (Å²) in [6.07, 6.45) is 4.13. The van der Waals surface area contributed by atoms with Crippen LogP contribution in [-0.2, 0) is 19.1 Å². The van der Waals surface area contributed by atoms with Crippen molar-refractivity contribution in [3.8, 4) is 22.3 Å². The van der Waals surface area contributed by atoms with Crippen LogP contribution in [0.1, 0.15) is 62.3 Å². The fourth-order valence-corrected chi connectivity index (χ4v) is 7.96. The van der Waals surface area contributed by atoms with E-state index in [2.05, 4.69) is 57.7 Å². The van der Waals surface area contributed by atoms with E-state index in [1.165, 1.54) is 12.0 Å². The molecule has 262 valence electrons. The molecule has 4 amide bonds. The van der Waals surface area contributed by atoms with Crippen molar-refractivity contribution in [2.45, 2.75) is 62.7 Å². The average Bonchev–Trinajstić information content (AvgIpc) is 3.96. The highest BCUT2D eigenvalue weighted by molar-refractivity contribution is 6.34. The second-order valence-electron chi connectivity index (χ2n) is 13.9. The minimum Gasteiger partial charge on any atom is -0.453 e. The molecular weight excluding hydrogens is 648 g/mol. The summed E-state index contributed by atoms with van der Waals surface area (Å²) < 4.78 is 4.73. The van der Waals surface area contributed by atoms with Crippen molar-refractivity contribution in [1.82, 2.24) is 40.0 Å². The molecular formula is C38H40N8O5. The van der Waals surface area contributed by atoms with E-state index in [1.54, 1.807) is 19.0 Å².